The monoisotopic (exact) mass is 323 g/mol. The van der Waals surface area contributed by atoms with Crippen LogP contribution in [0.4, 0.5) is 5.69 Å². The van der Waals surface area contributed by atoms with Gasteiger partial charge in [0.25, 0.3) is 11.6 Å². The van der Waals surface area contributed by atoms with Crippen LogP contribution in [0.5, 0.6) is 11.5 Å². The number of amides is 1. The Kier molecular flexibility index (Phi) is 5.05. The van der Waals surface area contributed by atoms with E-state index in [2.05, 4.69) is 0 Å². The molecule has 0 spiro atoms. The van der Waals surface area contributed by atoms with Crippen molar-refractivity contribution in [2.75, 3.05) is 27.3 Å². The number of likely N-dealkylation sites (tertiary alicyclic amines) is 1. The Hall–Kier alpha value is -2.35. The SMILES string of the molecule is COc1cc(C(=O)N2CCC(C(C)N)C2)c([N+](=O)[O-])cc1OC. The number of methoxy groups -OCH3 is 2. The van der Waals surface area contributed by atoms with Gasteiger partial charge in [-0.05, 0) is 19.3 Å². The lowest BCUT2D eigenvalue weighted by molar-refractivity contribution is -0.385. The number of rotatable bonds is 5. The normalized spacial score (nSPS) is 18.6. The summed E-state index contributed by atoms with van der Waals surface area (Å²) in [5.41, 5.74) is 5.58. The number of nitro benzene ring substituents is 1. The van der Waals surface area contributed by atoms with Gasteiger partial charge < -0.3 is 20.1 Å². The molecule has 2 atom stereocenters. The van der Waals surface area contributed by atoms with E-state index >= 15 is 0 Å². The first-order valence-electron chi connectivity index (χ1n) is 7.34. The van der Waals surface area contributed by atoms with E-state index in [1.807, 2.05) is 6.92 Å². The number of hydrogen-bond donors (Lipinski definition) is 1. The van der Waals surface area contributed by atoms with Crippen LogP contribution in [0.25, 0.3) is 0 Å². The number of hydrogen-bond acceptors (Lipinski definition) is 6. The predicted molar refractivity (Wildman–Crippen MR) is 83.9 cm³/mol. The second-order valence-corrected chi connectivity index (χ2v) is 5.64. The second kappa shape index (κ2) is 6.82. The van der Waals surface area contributed by atoms with Crippen LogP contribution < -0.4 is 15.2 Å². The molecule has 2 unspecified atom stereocenters. The van der Waals surface area contributed by atoms with Crippen molar-refractivity contribution in [3.8, 4) is 11.5 Å². The van der Waals surface area contributed by atoms with Crippen LogP contribution in [-0.2, 0) is 0 Å². The summed E-state index contributed by atoms with van der Waals surface area (Å²) in [5.74, 6) is 0.314. The molecule has 1 amide bonds. The van der Waals surface area contributed by atoms with Crippen molar-refractivity contribution in [1.82, 2.24) is 4.90 Å². The van der Waals surface area contributed by atoms with E-state index in [-0.39, 0.29) is 40.6 Å². The molecule has 23 heavy (non-hydrogen) atoms. The molecule has 0 radical (unpaired) electrons. The highest BCUT2D eigenvalue weighted by Crippen LogP contribution is 2.35. The highest BCUT2D eigenvalue weighted by molar-refractivity contribution is 5.99. The fourth-order valence-corrected chi connectivity index (χ4v) is 2.76. The summed E-state index contributed by atoms with van der Waals surface area (Å²) in [6.07, 6.45) is 0.796. The zero-order valence-electron chi connectivity index (χ0n) is 13.4. The molecule has 1 aromatic rings. The summed E-state index contributed by atoms with van der Waals surface area (Å²) >= 11 is 0. The largest absolute Gasteiger partial charge is 0.493 e. The molecule has 1 heterocycles. The molecule has 0 saturated carbocycles. The Balaban J connectivity index is 2.37. The van der Waals surface area contributed by atoms with E-state index in [4.69, 9.17) is 15.2 Å². The topological polar surface area (TPSA) is 108 Å². The fourth-order valence-electron chi connectivity index (χ4n) is 2.76. The molecule has 1 aromatic carbocycles. The molecule has 1 aliphatic heterocycles. The molecule has 1 saturated heterocycles. The standard InChI is InChI=1S/C15H21N3O5/c1-9(16)10-4-5-17(8-10)15(19)11-6-13(22-2)14(23-3)7-12(11)18(20)21/h6-7,9-10H,4-5,8,16H2,1-3H3. The van der Waals surface area contributed by atoms with E-state index < -0.39 is 4.92 Å². The van der Waals surface area contributed by atoms with Gasteiger partial charge in [-0.3, -0.25) is 14.9 Å². The maximum Gasteiger partial charge on any atom is 0.286 e. The van der Waals surface area contributed by atoms with Crippen LogP contribution in [0.2, 0.25) is 0 Å². The number of carbonyl (C=O) groups is 1. The van der Waals surface area contributed by atoms with Gasteiger partial charge in [0, 0.05) is 25.2 Å². The number of ether oxygens (including phenoxy) is 2. The maximum absolute atomic E-state index is 12.7. The lowest BCUT2D eigenvalue weighted by atomic mass is 10.0. The minimum absolute atomic E-state index is 0.00188. The Morgan fingerprint density at radius 2 is 2.00 bits per heavy atom. The Labute approximate surface area is 134 Å². The second-order valence-electron chi connectivity index (χ2n) is 5.64. The van der Waals surface area contributed by atoms with Gasteiger partial charge in [-0.15, -0.1) is 0 Å². The lowest BCUT2D eigenvalue weighted by Gasteiger charge is -2.19. The van der Waals surface area contributed by atoms with Gasteiger partial charge in [0.2, 0.25) is 0 Å². The van der Waals surface area contributed by atoms with Gasteiger partial charge in [0.1, 0.15) is 5.56 Å². The number of benzene rings is 1. The van der Waals surface area contributed by atoms with Gasteiger partial charge in [0.15, 0.2) is 11.5 Å². The zero-order valence-corrected chi connectivity index (χ0v) is 13.4. The minimum atomic E-state index is -0.589. The van der Waals surface area contributed by atoms with Gasteiger partial charge in [-0.2, -0.15) is 0 Å². The molecular formula is C15H21N3O5. The number of nitrogens with zero attached hydrogens (tertiary/aromatic N) is 2. The molecule has 8 nitrogen and oxygen atoms in total. The predicted octanol–water partition coefficient (Wildman–Crippen LogP) is 1.42. The van der Waals surface area contributed by atoms with Gasteiger partial charge in [-0.1, -0.05) is 0 Å². The number of carbonyl (C=O) groups excluding carboxylic acids is 1. The molecule has 1 aliphatic rings. The lowest BCUT2D eigenvalue weighted by Crippen LogP contribution is -2.33. The first-order valence-corrected chi connectivity index (χ1v) is 7.34. The third kappa shape index (κ3) is 3.37. The summed E-state index contributed by atoms with van der Waals surface area (Å²) < 4.78 is 10.2. The molecule has 8 heteroatoms. The van der Waals surface area contributed by atoms with Gasteiger partial charge in [0.05, 0.1) is 25.2 Å². The van der Waals surface area contributed by atoms with Crippen molar-refractivity contribution < 1.29 is 19.2 Å². The first kappa shape index (κ1) is 17.0. The van der Waals surface area contributed by atoms with Gasteiger partial charge in [-0.25, -0.2) is 0 Å². The van der Waals surface area contributed by atoms with Crippen molar-refractivity contribution >= 4 is 11.6 Å². The molecule has 2 N–H and O–H groups in total. The molecule has 1 fully saturated rings. The van der Waals surface area contributed by atoms with E-state index in [1.54, 1.807) is 4.90 Å². The third-order valence-electron chi connectivity index (χ3n) is 4.18. The van der Waals surface area contributed by atoms with Crippen LogP contribution in [-0.4, -0.2) is 49.1 Å². The molecule has 0 aliphatic carbocycles. The minimum Gasteiger partial charge on any atom is -0.493 e. The Morgan fingerprint density at radius 1 is 1.39 bits per heavy atom. The van der Waals surface area contributed by atoms with Crippen molar-refractivity contribution in [2.45, 2.75) is 19.4 Å². The van der Waals surface area contributed by atoms with E-state index in [0.29, 0.717) is 13.1 Å². The summed E-state index contributed by atoms with van der Waals surface area (Å²) in [6, 6.07) is 2.55. The summed E-state index contributed by atoms with van der Waals surface area (Å²) in [6.45, 7) is 2.94. The molecule has 2 rings (SSSR count). The van der Waals surface area contributed by atoms with Crippen LogP contribution in [0, 0.1) is 16.0 Å². The van der Waals surface area contributed by atoms with Crippen LogP contribution >= 0.6 is 0 Å². The average molecular weight is 323 g/mol. The quantitative estimate of drug-likeness (QED) is 0.648. The number of nitro groups is 1. The molecule has 0 bridgehead atoms. The Morgan fingerprint density at radius 3 is 2.48 bits per heavy atom. The highest BCUT2D eigenvalue weighted by Gasteiger charge is 2.33. The number of nitrogens with two attached hydrogens (primary N) is 1. The summed E-state index contributed by atoms with van der Waals surface area (Å²) in [7, 11) is 2.80. The maximum atomic E-state index is 12.7. The zero-order chi connectivity index (χ0) is 17.1. The van der Waals surface area contributed by atoms with Crippen molar-refractivity contribution in [2.24, 2.45) is 11.7 Å². The molecule has 0 aromatic heterocycles. The smallest absolute Gasteiger partial charge is 0.286 e. The van der Waals surface area contributed by atoms with E-state index in [1.165, 1.54) is 26.4 Å². The third-order valence-corrected chi connectivity index (χ3v) is 4.18. The molecular weight excluding hydrogens is 302 g/mol. The van der Waals surface area contributed by atoms with Crippen molar-refractivity contribution in [3.63, 3.8) is 0 Å². The van der Waals surface area contributed by atoms with Crippen molar-refractivity contribution in [1.29, 1.82) is 0 Å². The van der Waals surface area contributed by atoms with E-state index in [9.17, 15) is 14.9 Å². The summed E-state index contributed by atoms with van der Waals surface area (Å²) in [4.78, 5) is 25.0. The molecule has 126 valence electrons. The van der Waals surface area contributed by atoms with Crippen LogP contribution in [0.3, 0.4) is 0 Å². The fraction of sp³-hybridized carbons (Fsp3) is 0.533. The average Bonchev–Trinajstić information content (AvgIpc) is 3.02. The van der Waals surface area contributed by atoms with Crippen LogP contribution in [0.15, 0.2) is 12.1 Å². The van der Waals surface area contributed by atoms with Crippen LogP contribution in [0.1, 0.15) is 23.7 Å². The van der Waals surface area contributed by atoms with Crippen molar-refractivity contribution in [3.05, 3.63) is 27.8 Å². The Bertz CT molecular complexity index is 617. The first-order chi connectivity index (χ1) is 10.9. The highest BCUT2D eigenvalue weighted by atomic mass is 16.6. The van der Waals surface area contributed by atoms with Gasteiger partial charge >= 0.3 is 0 Å². The van der Waals surface area contributed by atoms with E-state index in [0.717, 1.165) is 6.42 Å². The summed E-state index contributed by atoms with van der Waals surface area (Å²) in [5, 5.41) is 11.3.